The first kappa shape index (κ1) is 21.9. The molecule has 2 atom stereocenters. The van der Waals surface area contributed by atoms with Crippen molar-refractivity contribution in [2.75, 3.05) is 11.9 Å². The Morgan fingerprint density at radius 1 is 1.41 bits per heavy atom. The fourth-order valence-electron chi connectivity index (χ4n) is 3.34. The van der Waals surface area contributed by atoms with Crippen molar-refractivity contribution in [3.63, 3.8) is 0 Å². The van der Waals surface area contributed by atoms with Gasteiger partial charge in [-0.05, 0) is 37.5 Å². The molecule has 0 radical (unpaired) electrons. The van der Waals surface area contributed by atoms with Crippen LogP contribution in [0, 0.1) is 36.0 Å². The lowest BCUT2D eigenvalue weighted by atomic mass is 10.1. The van der Waals surface area contributed by atoms with Gasteiger partial charge < -0.3 is 19.7 Å². The highest BCUT2D eigenvalue weighted by Crippen LogP contribution is 2.33. The van der Waals surface area contributed by atoms with Crippen LogP contribution in [-0.2, 0) is 17.1 Å². The van der Waals surface area contributed by atoms with Crippen molar-refractivity contribution in [1.82, 2.24) is 9.29 Å². The highest BCUT2D eigenvalue weighted by atomic mass is 32.2. The van der Waals surface area contributed by atoms with Crippen LogP contribution < -0.4 is 14.8 Å². The summed E-state index contributed by atoms with van der Waals surface area (Å²) in [5, 5.41) is 22.2. The molecule has 32 heavy (non-hydrogen) atoms. The van der Waals surface area contributed by atoms with Crippen LogP contribution in [0.1, 0.15) is 34.5 Å². The minimum Gasteiger partial charge on any atom is -0.488 e. The number of benzene rings is 1. The molecule has 9 nitrogen and oxygen atoms in total. The summed E-state index contributed by atoms with van der Waals surface area (Å²) in [5.41, 5.74) is 1.59. The average molecular weight is 455 g/mol. The van der Waals surface area contributed by atoms with Crippen molar-refractivity contribution in [3.8, 4) is 23.7 Å². The summed E-state index contributed by atoms with van der Waals surface area (Å²) in [6, 6.07) is 5.98. The zero-order valence-corrected chi connectivity index (χ0v) is 18.4. The number of nitrogens with zero attached hydrogens (tertiary/aromatic N) is 2. The highest BCUT2D eigenvalue weighted by Gasteiger charge is 2.36. The van der Waals surface area contributed by atoms with E-state index in [1.807, 2.05) is 0 Å². The van der Waals surface area contributed by atoms with E-state index in [-0.39, 0.29) is 28.9 Å². The summed E-state index contributed by atoms with van der Waals surface area (Å²) in [5.74, 6) is 5.16. The molecule has 0 bridgehead atoms. The first-order valence-corrected chi connectivity index (χ1v) is 11.5. The van der Waals surface area contributed by atoms with Crippen molar-refractivity contribution < 1.29 is 23.1 Å². The van der Waals surface area contributed by atoms with Gasteiger partial charge in [-0.15, -0.1) is 0 Å². The quantitative estimate of drug-likeness (QED) is 0.598. The zero-order chi connectivity index (χ0) is 23.0. The molecule has 1 saturated carbocycles. The molecule has 3 N–H and O–H groups in total. The number of nitrogens with one attached hydrogen (secondary N) is 2. The number of carbonyl (C=O) groups is 1. The van der Waals surface area contributed by atoms with Crippen LogP contribution in [0.15, 0.2) is 29.3 Å². The predicted octanol–water partition coefficient (Wildman–Crippen LogP) is 1.27. The van der Waals surface area contributed by atoms with Gasteiger partial charge in [0, 0.05) is 24.8 Å². The van der Waals surface area contributed by atoms with Crippen LogP contribution in [0.3, 0.4) is 0 Å². The molecule has 166 valence electrons. The molecule has 0 unspecified atom stereocenters. The Morgan fingerprint density at radius 3 is 2.84 bits per heavy atom. The molecule has 1 amide bonds. The number of anilines is 1. The molecule has 1 aliphatic heterocycles. The monoisotopic (exact) mass is 454 g/mol. The second-order valence-corrected chi connectivity index (χ2v) is 9.61. The minimum absolute atomic E-state index is 0.00339. The van der Waals surface area contributed by atoms with E-state index in [2.05, 4.69) is 27.9 Å². The smallest absolute Gasteiger partial charge is 0.276 e. The maximum Gasteiger partial charge on any atom is 0.276 e. The largest absolute Gasteiger partial charge is 0.488 e. The number of aryl methyl sites for hydroxylation is 2. The van der Waals surface area contributed by atoms with Gasteiger partial charge in [0.1, 0.15) is 17.6 Å². The normalized spacial score (nSPS) is 19.9. The van der Waals surface area contributed by atoms with E-state index in [4.69, 9.17) is 4.74 Å². The minimum atomic E-state index is -4.07. The van der Waals surface area contributed by atoms with Crippen LogP contribution in [0.2, 0.25) is 0 Å². The highest BCUT2D eigenvalue weighted by molar-refractivity contribution is 7.89. The van der Waals surface area contributed by atoms with E-state index in [0.29, 0.717) is 11.3 Å². The number of sulfonamides is 1. The Bertz CT molecular complexity index is 1290. The van der Waals surface area contributed by atoms with Crippen LogP contribution >= 0.6 is 0 Å². The van der Waals surface area contributed by atoms with Crippen molar-refractivity contribution in [1.29, 1.82) is 5.26 Å². The number of hydrogen-bond donors (Lipinski definition) is 3. The number of aliphatic hydroxyl groups excluding tert-OH is 1. The standard InChI is InChI=1S/C22H22N4O5S/c1-13-3-7-16(9-15(13)10-23)24-22(28)20-21-19(11-26(20)2)32(29,30)25-17(12-31-21)18(27)8-6-14-4-5-14/h3,7,9,11,14,17-18,25,27H,4-5,12H2,1-2H3,(H,24,28)/t17-,18-/m0/s1. The van der Waals surface area contributed by atoms with Gasteiger partial charge in [0.05, 0.1) is 17.7 Å². The fourth-order valence-corrected chi connectivity index (χ4v) is 4.76. The molecule has 2 heterocycles. The van der Waals surface area contributed by atoms with Gasteiger partial charge in [-0.3, -0.25) is 4.79 Å². The summed E-state index contributed by atoms with van der Waals surface area (Å²) in [6.07, 6.45) is 2.01. The molecule has 0 saturated heterocycles. The van der Waals surface area contributed by atoms with Crippen LogP contribution in [0.5, 0.6) is 5.75 Å². The lowest BCUT2D eigenvalue weighted by Gasteiger charge is -2.17. The fraction of sp³-hybridized carbons (Fsp3) is 0.364. The lowest BCUT2D eigenvalue weighted by molar-refractivity contribution is 0.101. The second kappa shape index (κ2) is 8.32. The third-order valence-corrected chi connectivity index (χ3v) is 6.81. The second-order valence-electron chi connectivity index (χ2n) is 7.92. The van der Waals surface area contributed by atoms with E-state index >= 15 is 0 Å². The Balaban J connectivity index is 1.61. The van der Waals surface area contributed by atoms with Crippen LogP contribution in [-0.4, -0.2) is 42.8 Å². The van der Waals surface area contributed by atoms with Crippen molar-refractivity contribution in [2.24, 2.45) is 13.0 Å². The first-order valence-electron chi connectivity index (χ1n) is 10.1. The Kier molecular flexibility index (Phi) is 5.70. The molecule has 10 heteroatoms. The maximum absolute atomic E-state index is 13.0. The van der Waals surface area contributed by atoms with E-state index in [9.17, 15) is 23.6 Å². The molecule has 1 aromatic carbocycles. The van der Waals surface area contributed by atoms with Gasteiger partial charge in [-0.2, -0.15) is 5.26 Å². The molecule has 2 aliphatic rings. The molecule has 0 spiro atoms. The van der Waals surface area contributed by atoms with Crippen LogP contribution in [0.25, 0.3) is 0 Å². The van der Waals surface area contributed by atoms with Crippen molar-refractivity contribution in [3.05, 3.63) is 41.2 Å². The summed E-state index contributed by atoms with van der Waals surface area (Å²) in [6.45, 7) is 1.59. The van der Waals surface area contributed by atoms with Gasteiger partial charge >= 0.3 is 0 Å². The Hall–Kier alpha value is -3.31. The van der Waals surface area contributed by atoms with E-state index in [1.54, 1.807) is 25.1 Å². The molecule has 1 aromatic heterocycles. The van der Waals surface area contributed by atoms with Gasteiger partial charge in [0.15, 0.2) is 11.4 Å². The van der Waals surface area contributed by atoms with Crippen LogP contribution in [0.4, 0.5) is 5.69 Å². The van der Waals surface area contributed by atoms with Gasteiger partial charge in [0.2, 0.25) is 10.0 Å². The molecular formula is C22H22N4O5S. The maximum atomic E-state index is 13.0. The number of ether oxygens (including phenoxy) is 1. The van der Waals surface area contributed by atoms with Gasteiger partial charge in [0.25, 0.3) is 5.91 Å². The molecule has 2 aromatic rings. The third-order valence-electron chi connectivity index (χ3n) is 5.33. The molecule has 1 aliphatic carbocycles. The summed E-state index contributed by atoms with van der Waals surface area (Å²) in [4.78, 5) is 12.8. The van der Waals surface area contributed by atoms with Gasteiger partial charge in [-0.1, -0.05) is 17.9 Å². The van der Waals surface area contributed by atoms with Crippen molar-refractivity contribution in [2.45, 2.75) is 36.8 Å². The SMILES string of the molecule is Cc1ccc(NC(=O)c2c3c(cn2C)S(=O)(=O)N[C@H]([C@@H](O)C#CC2CC2)CO3)cc1C#N. The van der Waals surface area contributed by atoms with Gasteiger partial charge in [-0.25, -0.2) is 13.1 Å². The first-order chi connectivity index (χ1) is 15.2. The number of aromatic nitrogens is 1. The summed E-state index contributed by atoms with van der Waals surface area (Å²) in [7, 11) is -2.53. The topological polar surface area (TPSA) is 133 Å². The number of rotatable bonds is 3. The number of aliphatic hydroxyl groups is 1. The van der Waals surface area contributed by atoms with E-state index in [1.165, 1.54) is 17.8 Å². The number of fused-ring (bicyclic) bond motifs is 1. The molecule has 1 fully saturated rings. The number of amides is 1. The predicted molar refractivity (Wildman–Crippen MR) is 115 cm³/mol. The average Bonchev–Trinajstić information content (AvgIpc) is 3.52. The molecular weight excluding hydrogens is 432 g/mol. The zero-order valence-electron chi connectivity index (χ0n) is 17.5. The number of carbonyl (C=O) groups excluding carboxylic acids is 1. The molecule has 4 rings (SSSR count). The number of hydrogen-bond acceptors (Lipinski definition) is 6. The summed E-state index contributed by atoms with van der Waals surface area (Å²) < 4.78 is 35.3. The Morgan fingerprint density at radius 2 is 2.16 bits per heavy atom. The lowest BCUT2D eigenvalue weighted by Crippen LogP contribution is -2.45. The van der Waals surface area contributed by atoms with Crippen molar-refractivity contribution >= 4 is 21.6 Å². The Labute approximate surface area is 186 Å². The third kappa shape index (κ3) is 4.34. The number of nitriles is 1. The van der Waals surface area contributed by atoms with E-state index < -0.39 is 28.1 Å². The van der Waals surface area contributed by atoms with E-state index in [0.717, 1.165) is 18.4 Å². The summed E-state index contributed by atoms with van der Waals surface area (Å²) >= 11 is 0.